The lowest BCUT2D eigenvalue weighted by molar-refractivity contribution is 0.646. The monoisotopic (exact) mass is 375 g/mol. The summed E-state index contributed by atoms with van der Waals surface area (Å²) in [5.41, 5.74) is 5.60. The van der Waals surface area contributed by atoms with Crippen molar-refractivity contribution >= 4 is 30.0 Å². The minimum Gasteiger partial charge on any atom is -0.366 e. The molecule has 1 aromatic carbocycles. The molecule has 0 saturated carbocycles. The molecule has 0 atom stereocenters. The summed E-state index contributed by atoms with van der Waals surface area (Å²) in [5, 5.41) is 5.21. The molecule has 0 bridgehead atoms. The fourth-order valence-electron chi connectivity index (χ4n) is 3.81. The smallest absolute Gasteiger partial charge is 0.190 e. The van der Waals surface area contributed by atoms with Crippen LogP contribution in [0.3, 0.4) is 0 Å². The van der Waals surface area contributed by atoms with Crippen LogP contribution in [0.2, 0.25) is 0 Å². The molecule has 1 aromatic heterocycles. The Labute approximate surface area is 160 Å². The fraction of sp³-hybridized carbons (Fsp3) is 0.500. The van der Waals surface area contributed by atoms with Crippen LogP contribution in [0.4, 0.5) is 5.82 Å². The van der Waals surface area contributed by atoms with E-state index in [1.54, 1.807) is 11.8 Å². The average Bonchev–Trinajstić information content (AvgIpc) is 2.96. The van der Waals surface area contributed by atoms with Gasteiger partial charge in [-0.15, -0.1) is 12.4 Å². The Bertz CT molecular complexity index is 723. The molecule has 1 heterocycles. The minimum atomic E-state index is 0. The van der Waals surface area contributed by atoms with Gasteiger partial charge in [-0.1, -0.05) is 49.9 Å². The van der Waals surface area contributed by atoms with E-state index in [1.807, 2.05) is 0 Å². The summed E-state index contributed by atoms with van der Waals surface area (Å²) in [4.78, 5) is 9.73. The molecule has 4 rings (SSSR count). The zero-order valence-electron chi connectivity index (χ0n) is 14.9. The van der Waals surface area contributed by atoms with E-state index >= 15 is 0 Å². The molecule has 134 valence electrons. The van der Waals surface area contributed by atoms with Gasteiger partial charge in [0.25, 0.3) is 0 Å². The van der Waals surface area contributed by atoms with Crippen LogP contribution in [0.15, 0.2) is 29.4 Å². The predicted molar refractivity (Wildman–Crippen MR) is 108 cm³/mol. The van der Waals surface area contributed by atoms with Crippen molar-refractivity contribution in [1.29, 1.82) is 0 Å². The highest BCUT2D eigenvalue weighted by molar-refractivity contribution is 7.99. The lowest BCUT2D eigenvalue weighted by atomic mass is 9.96. The molecular formula is C20H26ClN3S. The van der Waals surface area contributed by atoms with Gasteiger partial charge in [-0.2, -0.15) is 0 Å². The third-order valence-electron chi connectivity index (χ3n) is 4.90. The van der Waals surface area contributed by atoms with Crippen LogP contribution in [0.1, 0.15) is 49.1 Å². The first kappa shape index (κ1) is 18.5. The van der Waals surface area contributed by atoms with Crippen molar-refractivity contribution in [3.63, 3.8) is 0 Å². The second kappa shape index (κ2) is 7.96. The van der Waals surface area contributed by atoms with E-state index in [9.17, 15) is 0 Å². The van der Waals surface area contributed by atoms with Gasteiger partial charge in [0.2, 0.25) is 0 Å². The quantitative estimate of drug-likeness (QED) is 0.611. The van der Waals surface area contributed by atoms with Crippen molar-refractivity contribution in [2.75, 3.05) is 5.32 Å². The lowest BCUT2D eigenvalue weighted by Crippen LogP contribution is -2.23. The number of anilines is 1. The Morgan fingerprint density at radius 1 is 1.04 bits per heavy atom. The van der Waals surface area contributed by atoms with Crippen molar-refractivity contribution in [3.8, 4) is 0 Å². The summed E-state index contributed by atoms with van der Waals surface area (Å²) in [6.45, 7) is 4.41. The van der Waals surface area contributed by atoms with E-state index in [0.717, 1.165) is 36.7 Å². The zero-order valence-corrected chi connectivity index (χ0v) is 16.6. The van der Waals surface area contributed by atoms with Crippen LogP contribution in [-0.4, -0.2) is 21.3 Å². The van der Waals surface area contributed by atoms with Gasteiger partial charge in [0, 0.05) is 16.9 Å². The molecule has 0 radical (unpaired) electrons. The topological polar surface area (TPSA) is 37.8 Å². The average molecular weight is 376 g/mol. The maximum Gasteiger partial charge on any atom is 0.190 e. The Morgan fingerprint density at radius 2 is 1.72 bits per heavy atom. The zero-order chi connectivity index (χ0) is 16.5. The van der Waals surface area contributed by atoms with Crippen LogP contribution < -0.4 is 5.32 Å². The molecule has 5 heteroatoms. The Balaban J connectivity index is 0.00000182. The van der Waals surface area contributed by atoms with E-state index < -0.39 is 0 Å². The molecule has 0 amide bonds. The number of halogens is 1. The number of hydrogen-bond acceptors (Lipinski definition) is 4. The van der Waals surface area contributed by atoms with Crippen LogP contribution in [0, 0.1) is 0 Å². The normalized spacial score (nSPS) is 16.3. The number of aromatic nitrogens is 2. The number of fused-ring (bicyclic) bond motifs is 2. The molecule has 0 fully saturated rings. The number of rotatable bonds is 4. The molecule has 0 aliphatic heterocycles. The van der Waals surface area contributed by atoms with Crippen LogP contribution in [-0.2, 0) is 25.7 Å². The minimum absolute atomic E-state index is 0. The lowest BCUT2D eigenvalue weighted by Gasteiger charge is -2.22. The van der Waals surface area contributed by atoms with Gasteiger partial charge in [-0.25, -0.2) is 9.97 Å². The second-order valence-electron chi connectivity index (χ2n) is 7.17. The van der Waals surface area contributed by atoms with E-state index in [2.05, 4.69) is 43.4 Å². The second-order valence-corrected chi connectivity index (χ2v) is 8.72. The molecule has 0 unspecified atom stereocenters. The van der Waals surface area contributed by atoms with Gasteiger partial charge in [-0.3, -0.25) is 0 Å². The summed E-state index contributed by atoms with van der Waals surface area (Å²) in [6, 6.07) is 9.26. The molecule has 2 aliphatic rings. The van der Waals surface area contributed by atoms with E-state index in [4.69, 9.17) is 9.97 Å². The summed E-state index contributed by atoms with van der Waals surface area (Å²) in [6.07, 6.45) is 6.92. The number of nitrogens with zero attached hydrogens (tertiary/aromatic N) is 2. The molecule has 2 aliphatic carbocycles. The number of thioether (sulfide) groups is 1. The van der Waals surface area contributed by atoms with Crippen molar-refractivity contribution in [3.05, 3.63) is 46.6 Å². The van der Waals surface area contributed by atoms with Gasteiger partial charge < -0.3 is 5.32 Å². The largest absolute Gasteiger partial charge is 0.366 e. The maximum absolute atomic E-state index is 4.89. The highest BCUT2D eigenvalue weighted by Gasteiger charge is 2.24. The molecule has 2 aromatic rings. The van der Waals surface area contributed by atoms with E-state index in [1.165, 1.54) is 35.2 Å². The molecule has 1 N–H and O–H groups in total. The SMILES string of the molecule is CC(C)Sc1nc2c(c(NC3Cc4ccccc4C3)n1)CCCC2.Cl. The van der Waals surface area contributed by atoms with Crippen LogP contribution >= 0.6 is 24.2 Å². The van der Waals surface area contributed by atoms with Crippen molar-refractivity contribution in [2.24, 2.45) is 0 Å². The van der Waals surface area contributed by atoms with Gasteiger partial charge in [-0.05, 0) is 49.7 Å². The number of aryl methyl sites for hydroxylation is 1. The van der Waals surface area contributed by atoms with Gasteiger partial charge >= 0.3 is 0 Å². The number of hydrogen-bond donors (Lipinski definition) is 1. The first-order valence-corrected chi connectivity index (χ1v) is 9.97. The van der Waals surface area contributed by atoms with E-state index in [-0.39, 0.29) is 12.4 Å². The molecule has 0 saturated heterocycles. The van der Waals surface area contributed by atoms with Crippen LogP contribution in [0.5, 0.6) is 0 Å². The van der Waals surface area contributed by atoms with Crippen molar-refractivity contribution < 1.29 is 0 Å². The van der Waals surface area contributed by atoms with E-state index in [0.29, 0.717) is 11.3 Å². The van der Waals surface area contributed by atoms with Crippen molar-refractivity contribution in [2.45, 2.75) is 68.8 Å². The Hall–Kier alpha value is -1.26. The summed E-state index contributed by atoms with van der Waals surface area (Å²) in [5.74, 6) is 1.10. The predicted octanol–water partition coefficient (Wildman–Crippen LogP) is 4.86. The van der Waals surface area contributed by atoms with Gasteiger partial charge in [0.05, 0.1) is 5.69 Å². The molecular weight excluding hydrogens is 350 g/mol. The number of nitrogens with one attached hydrogen (secondary N) is 1. The van der Waals surface area contributed by atoms with Gasteiger partial charge in [0.1, 0.15) is 5.82 Å². The third kappa shape index (κ3) is 4.12. The summed E-state index contributed by atoms with van der Waals surface area (Å²) < 4.78 is 0. The first-order valence-electron chi connectivity index (χ1n) is 9.09. The van der Waals surface area contributed by atoms with Crippen molar-refractivity contribution in [1.82, 2.24) is 9.97 Å². The Morgan fingerprint density at radius 3 is 2.40 bits per heavy atom. The third-order valence-corrected chi connectivity index (χ3v) is 5.76. The highest BCUT2D eigenvalue weighted by atomic mass is 35.5. The van der Waals surface area contributed by atoms with Gasteiger partial charge in [0.15, 0.2) is 5.16 Å². The maximum atomic E-state index is 4.89. The summed E-state index contributed by atoms with van der Waals surface area (Å²) >= 11 is 1.77. The fourth-order valence-corrected chi connectivity index (χ4v) is 4.54. The summed E-state index contributed by atoms with van der Waals surface area (Å²) in [7, 11) is 0. The molecule has 0 spiro atoms. The molecule has 3 nitrogen and oxygen atoms in total. The van der Waals surface area contributed by atoms with Crippen LogP contribution in [0.25, 0.3) is 0 Å². The number of benzene rings is 1. The highest BCUT2D eigenvalue weighted by Crippen LogP contribution is 2.31. The standard InChI is InChI=1S/C20H25N3S.ClH/c1-13(2)24-20-22-18-10-6-5-9-17(18)19(23-20)21-16-11-14-7-3-4-8-15(14)12-16;/h3-4,7-8,13,16H,5-6,9-12H2,1-2H3,(H,21,22,23);1H. The first-order chi connectivity index (χ1) is 11.7. The Kier molecular flexibility index (Phi) is 5.90. The molecule has 25 heavy (non-hydrogen) atoms.